The number of nitrogens with two attached hydrogens (primary N) is 1. The molecule has 0 bridgehead atoms. The van der Waals surface area contributed by atoms with Crippen LogP contribution in [0.2, 0.25) is 0 Å². The lowest BCUT2D eigenvalue weighted by Gasteiger charge is -2.25. The Balaban J connectivity index is 0.00000441. The van der Waals surface area contributed by atoms with E-state index in [4.69, 9.17) is 5.73 Å². The molecule has 2 unspecified atom stereocenters. The van der Waals surface area contributed by atoms with Gasteiger partial charge in [0, 0.05) is 13.6 Å². The lowest BCUT2D eigenvalue weighted by atomic mass is 9.98. The molecule has 1 rings (SSSR count). The van der Waals surface area contributed by atoms with Crippen molar-refractivity contribution in [3.8, 4) is 0 Å². The maximum Gasteiger partial charge on any atom is 0.416 e. The van der Waals surface area contributed by atoms with Crippen LogP contribution < -0.4 is 5.73 Å². The van der Waals surface area contributed by atoms with Gasteiger partial charge in [-0.05, 0) is 17.5 Å². The molecule has 2 N–H and O–H groups in total. The summed E-state index contributed by atoms with van der Waals surface area (Å²) in [5.74, 6) is -0.362. The minimum atomic E-state index is -4.43. The summed E-state index contributed by atoms with van der Waals surface area (Å²) in [5.41, 5.74) is 5.18. The van der Waals surface area contributed by atoms with Crippen LogP contribution in [-0.2, 0) is 17.5 Å². The number of benzene rings is 1. The summed E-state index contributed by atoms with van der Waals surface area (Å²) in [5, 5.41) is 0. The van der Waals surface area contributed by atoms with Gasteiger partial charge in [-0.25, -0.2) is 0 Å². The lowest BCUT2D eigenvalue weighted by Crippen LogP contribution is -2.45. The first kappa shape index (κ1) is 20.7. The van der Waals surface area contributed by atoms with Crippen molar-refractivity contribution in [1.29, 1.82) is 0 Å². The molecule has 1 aromatic carbocycles. The highest BCUT2D eigenvalue weighted by atomic mass is 35.5. The van der Waals surface area contributed by atoms with Gasteiger partial charge in [-0.1, -0.05) is 38.5 Å². The number of amides is 1. The fourth-order valence-corrected chi connectivity index (χ4v) is 2.02. The Kier molecular flexibility index (Phi) is 7.90. The molecule has 2 atom stereocenters. The van der Waals surface area contributed by atoms with Crippen LogP contribution in [0.5, 0.6) is 0 Å². The van der Waals surface area contributed by atoms with E-state index in [1.54, 1.807) is 0 Å². The minimum Gasteiger partial charge on any atom is -0.340 e. The molecule has 0 saturated carbocycles. The van der Waals surface area contributed by atoms with Crippen molar-refractivity contribution >= 4 is 18.3 Å². The van der Waals surface area contributed by atoms with Gasteiger partial charge in [-0.15, -0.1) is 12.4 Å². The van der Waals surface area contributed by atoms with E-state index in [0.717, 1.165) is 12.5 Å². The summed E-state index contributed by atoms with van der Waals surface area (Å²) in [7, 11) is 1.47. The molecule has 0 aliphatic carbocycles. The Hall–Kier alpha value is -1.27. The fraction of sp³-hybridized carbons (Fsp3) is 0.533. The highest BCUT2D eigenvalue weighted by Crippen LogP contribution is 2.32. The Morgan fingerprint density at radius 1 is 1.32 bits per heavy atom. The smallest absolute Gasteiger partial charge is 0.340 e. The molecule has 0 aliphatic rings. The van der Waals surface area contributed by atoms with Crippen molar-refractivity contribution < 1.29 is 18.0 Å². The third kappa shape index (κ3) is 5.18. The van der Waals surface area contributed by atoms with Gasteiger partial charge in [0.2, 0.25) is 5.91 Å². The van der Waals surface area contributed by atoms with Gasteiger partial charge in [-0.3, -0.25) is 4.79 Å². The summed E-state index contributed by atoms with van der Waals surface area (Å²) < 4.78 is 38.7. The van der Waals surface area contributed by atoms with E-state index in [1.807, 2.05) is 13.8 Å². The zero-order valence-corrected chi connectivity index (χ0v) is 13.7. The number of nitrogens with zero attached hydrogens (tertiary/aromatic N) is 1. The quantitative estimate of drug-likeness (QED) is 0.893. The first-order chi connectivity index (χ1) is 9.68. The molecule has 0 aromatic heterocycles. The molecule has 0 radical (unpaired) electrons. The maximum atomic E-state index is 12.9. The van der Waals surface area contributed by atoms with Gasteiger partial charge >= 0.3 is 6.18 Å². The Morgan fingerprint density at radius 2 is 1.86 bits per heavy atom. The predicted molar refractivity (Wildman–Crippen MR) is 82.6 cm³/mol. The molecule has 1 amide bonds. The first-order valence-electron chi connectivity index (χ1n) is 6.84. The van der Waals surface area contributed by atoms with Crippen LogP contribution in [-0.4, -0.2) is 23.9 Å². The Bertz CT molecular complexity index is 494. The molecular weight excluding hydrogens is 317 g/mol. The standard InChI is InChI=1S/C15H21F3N2O.ClH/c1-4-10(2)13(19)14(21)20(3)9-11-7-5-6-8-12(11)15(16,17)18;/h5-8,10,13H,4,9,19H2,1-3H3;1H. The largest absolute Gasteiger partial charge is 0.416 e. The number of halogens is 4. The molecule has 7 heteroatoms. The number of carbonyl (C=O) groups is 1. The van der Waals surface area contributed by atoms with Crippen molar-refractivity contribution in [3.05, 3.63) is 35.4 Å². The zero-order chi connectivity index (χ0) is 16.2. The molecule has 22 heavy (non-hydrogen) atoms. The summed E-state index contributed by atoms with van der Waals surface area (Å²) in [6.45, 7) is 3.65. The molecular formula is C15H22ClF3N2O. The average molecular weight is 339 g/mol. The van der Waals surface area contributed by atoms with Crippen LogP contribution in [0, 0.1) is 5.92 Å². The minimum absolute atomic E-state index is 0. The highest BCUT2D eigenvalue weighted by molar-refractivity contribution is 5.85. The topological polar surface area (TPSA) is 46.3 Å². The second-order valence-electron chi connectivity index (χ2n) is 5.26. The first-order valence-corrected chi connectivity index (χ1v) is 6.84. The van der Waals surface area contributed by atoms with Gasteiger partial charge < -0.3 is 10.6 Å². The Labute approximate surface area is 135 Å². The highest BCUT2D eigenvalue weighted by Gasteiger charge is 2.33. The lowest BCUT2D eigenvalue weighted by molar-refractivity contribution is -0.140. The molecule has 0 heterocycles. The van der Waals surface area contributed by atoms with E-state index in [-0.39, 0.29) is 36.3 Å². The van der Waals surface area contributed by atoms with Gasteiger partial charge in [-0.2, -0.15) is 13.2 Å². The van der Waals surface area contributed by atoms with E-state index in [9.17, 15) is 18.0 Å². The van der Waals surface area contributed by atoms with Gasteiger partial charge in [0.25, 0.3) is 0 Å². The monoisotopic (exact) mass is 338 g/mol. The van der Waals surface area contributed by atoms with Crippen molar-refractivity contribution in [1.82, 2.24) is 4.90 Å². The Morgan fingerprint density at radius 3 is 2.36 bits per heavy atom. The van der Waals surface area contributed by atoms with Gasteiger partial charge in [0.15, 0.2) is 0 Å². The van der Waals surface area contributed by atoms with Gasteiger partial charge in [0.05, 0.1) is 11.6 Å². The van der Waals surface area contributed by atoms with Crippen molar-refractivity contribution in [2.75, 3.05) is 7.05 Å². The molecule has 0 saturated heterocycles. The number of hydrogen-bond acceptors (Lipinski definition) is 2. The number of alkyl halides is 3. The van der Waals surface area contributed by atoms with E-state index in [2.05, 4.69) is 0 Å². The molecule has 0 spiro atoms. The number of hydrogen-bond donors (Lipinski definition) is 1. The normalized spacial score (nSPS) is 14.0. The molecule has 0 fully saturated rings. The number of rotatable bonds is 5. The van der Waals surface area contributed by atoms with Crippen LogP contribution in [0.25, 0.3) is 0 Å². The van der Waals surface area contributed by atoms with E-state index < -0.39 is 17.8 Å². The molecule has 1 aromatic rings. The SMILES string of the molecule is CCC(C)C(N)C(=O)N(C)Cc1ccccc1C(F)(F)F.Cl. The average Bonchev–Trinajstić information content (AvgIpc) is 2.44. The van der Waals surface area contributed by atoms with E-state index in [1.165, 1.54) is 30.1 Å². The number of carbonyl (C=O) groups excluding carboxylic acids is 1. The molecule has 0 aliphatic heterocycles. The molecule has 3 nitrogen and oxygen atoms in total. The van der Waals surface area contributed by atoms with Crippen LogP contribution in [0.1, 0.15) is 31.4 Å². The summed E-state index contributed by atoms with van der Waals surface area (Å²) in [6.07, 6.45) is -3.70. The second-order valence-corrected chi connectivity index (χ2v) is 5.26. The number of likely N-dealkylation sites (N-methyl/N-ethyl adjacent to an activating group) is 1. The third-order valence-corrected chi connectivity index (χ3v) is 3.65. The summed E-state index contributed by atoms with van der Waals surface area (Å²) in [6, 6.07) is 4.55. The van der Waals surface area contributed by atoms with Crippen molar-refractivity contribution in [3.63, 3.8) is 0 Å². The van der Waals surface area contributed by atoms with Crippen LogP contribution in [0.4, 0.5) is 13.2 Å². The van der Waals surface area contributed by atoms with Crippen molar-refractivity contribution in [2.45, 2.75) is 39.0 Å². The van der Waals surface area contributed by atoms with Crippen molar-refractivity contribution in [2.24, 2.45) is 11.7 Å². The van der Waals surface area contributed by atoms with Gasteiger partial charge in [0.1, 0.15) is 0 Å². The van der Waals surface area contributed by atoms with E-state index in [0.29, 0.717) is 0 Å². The zero-order valence-electron chi connectivity index (χ0n) is 12.9. The van der Waals surface area contributed by atoms with Crippen LogP contribution in [0.15, 0.2) is 24.3 Å². The third-order valence-electron chi connectivity index (χ3n) is 3.65. The summed E-state index contributed by atoms with van der Waals surface area (Å²) >= 11 is 0. The van der Waals surface area contributed by atoms with Crippen LogP contribution in [0.3, 0.4) is 0 Å². The molecule has 126 valence electrons. The second kappa shape index (κ2) is 8.39. The van der Waals surface area contributed by atoms with E-state index >= 15 is 0 Å². The maximum absolute atomic E-state index is 12.9. The summed E-state index contributed by atoms with van der Waals surface area (Å²) in [4.78, 5) is 13.4. The predicted octanol–water partition coefficient (Wildman–Crippen LogP) is 3.46. The fourth-order valence-electron chi connectivity index (χ4n) is 2.02. The van der Waals surface area contributed by atoms with Crippen LogP contribution >= 0.6 is 12.4 Å².